The summed E-state index contributed by atoms with van der Waals surface area (Å²) in [6, 6.07) is 11.9. The van der Waals surface area contributed by atoms with Gasteiger partial charge in [0.1, 0.15) is 6.04 Å². The Morgan fingerprint density at radius 2 is 2.03 bits per heavy atom. The Morgan fingerprint density at radius 3 is 2.81 bits per heavy atom. The van der Waals surface area contributed by atoms with Crippen molar-refractivity contribution < 1.29 is 19.0 Å². The van der Waals surface area contributed by atoms with Gasteiger partial charge in [-0.25, -0.2) is 9.79 Å². The molecular weight excluding hydrogens is 452 g/mol. The van der Waals surface area contributed by atoms with Crippen LogP contribution in [0.3, 0.4) is 0 Å². The number of halogens is 1. The number of allylic oxidation sites excluding steroid dienone is 1. The Hall–Kier alpha value is -3.36. The van der Waals surface area contributed by atoms with Gasteiger partial charge in [-0.05, 0) is 42.3 Å². The second-order valence-corrected chi connectivity index (χ2v) is 8.62. The fourth-order valence-corrected chi connectivity index (χ4v) is 5.12. The van der Waals surface area contributed by atoms with Crippen LogP contribution in [0.5, 0.6) is 11.5 Å². The van der Waals surface area contributed by atoms with Crippen LogP contribution < -0.4 is 24.4 Å². The van der Waals surface area contributed by atoms with Crippen LogP contribution in [-0.2, 0) is 9.53 Å². The predicted molar refractivity (Wildman–Crippen MR) is 120 cm³/mol. The van der Waals surface area contributed by atoms with Crippen LogP contribution in [0.25, 0.3) is 6.08 Å². The minimum atomic E-state index is -0.744. The van der Waals surface area contributed by atoms with Gasteiger partial charge in [0, 0.05) is 5.02 Å². The van der Waals surface area contributed by atoms with E-state index in [9.17, 15) is 9.59 Å². The molecule has 162 valence electrons. The van der Waals surface area contributed by atoms with Gasteiger partial charge >= 0.3 is 5.97 Å². The summed E-state index contributed by atoms with van der Waals surface area (Å²) in [7, 11) is 1.30. The number of thiazole rings is 1. The number of carbonyl (C=O) groups excluding carboxylic acids is 1. The lowest BCUT2D eigenvalue weighted by molar-refractivity contribution is -0.136. The molecule has 7 nitrogen and oxygen atoms in total. The Bertz CT molecular complexity index is 1470. The summed E-state index contributed by atoms with van der Waals surface area (Å²) in [6.45, 7) is 1.90. The first-order chi connectivity index (χ1) is 15.5. The quantitative estimate of drug-likeness (QED) is 0.552. The largest absolute Gasteiger partial charge is 0.466 e. The molecule has 0 aliphatic carbocycles. The molecule has 0 saturated carbocycles. The summed E-state index contributed by atoms with van der Waals surface area (Å²) in [4.78, 5) is 31.2. The lowest BCUT2D eigenvalue weighted by Gasteiger charge is -2.25. The molecule has 1 atom stereocenters. The van der Waals surface area contributed by atoms with E-state index in [0.717, 1.165) is 5.56 Å². The van der Waals surface area contributed by atoms with Crippen LogP contribution >= 0.6 is 22.9 Å². The average molecular weight is 469 g/mol. The van der Waals surface area contributed by atoms with E-state index in [1.807, 2.05) is 18.2 Å². The predicted octanol–water partition coefficient (Wildman–Crippen LogP) is 2.79. The van der Waals surface area contributed by atoms with Crippen LogP contribution in [0, 0.1) is 0 Å². The van der Waals surface area contributed by atoms with Crippen molar-refractivity contribution in [3.8, 4) is 11.5 Å². The Labute approximate surface area is 191 Å². The molecule has 0 fully saturated rings. The maximum Gasteiger partial charge on any atom is 0.338 e. The van der Waals surface area contributed by atoms with Crippen LogP contribution in [-0.4, -0.2) is 24.4 Å². The highest BCUT2D eigenvalue weighted by molar-refractivity contribution is 7.07. The fourth-order valence-electron chi connectivity index (χ4n) is 3.84. The van der Waals surface area contributed by atoms with E-state index in [0.29, 0.717) is 37.1 Å². The molecule has 0 unspecified atom stereocenters. The van der Waals surface area contributed by atoms with Crippen molar-refractivity contribution in [1.29, 1.82) is 0 Å². The van der Waals surface area contributed by atoms with Crippen molar-refractivity contribution in [2.24, 2.45) is 4.99 Å². The number of rotatable bonds is 3. The minimum absolute atomic E-state index is 0.175. The fraction of sp³-hybridized carbons (Fsp3) is 0.174. The van der Waals surface area contributed by atoms with E-state index in [-0.39, 0.29) is 17.9 Å². The zero-order valence-electron chi connectivity index (χ0n) is 17.1. The highest BCUT2D eigenvalue weighted by atomic mass is 35.5. The highest BCUT2D eigenvalue weighted by Crippen LogP contribution is 2.35. The van der Waals surface area contributed by atoms with Crippen molar-refractivity contribution in [2.75, 3.05) is 13.9 Å². The van der Waals surface area contributed by atoms with Gasteiger partial charge in [0.05, 0.1) is 22.9 Å². The number of benzene rings is 2. The SMILES string of the molecule is COC(=O)C1=C(C)N=c2s/c(=C\c3ccc4c(c3)OCO4)c(=O)n2[C@@H]1c1ccccc1Cl. The summed E-state index contributed by atoms with van der Waals surface area (Å²) >= 11 is 7.72. The van der Waals surface area contributed by atoms with E-state index in [2.05, 4.69) is 4.99 Å². The highest BCUT2D eigenvalue weighted by Gasteiger charge is 2.34. The third-order valence-corrected chi connectivity index (χ3v) is 6.65. The molecule has 0 N–H and O–H groups in total. The number of fused-ring (bicyclic) bond motifs is 2. The lowest BCUT2D eigenvalue weighted by Crippen LogP contribution is -2.39. The standard InChI is InChI=1S/C23H17ClN2O5S/c1-12-19(22(28)29-2)20(14-5-3-4-6-15(14)24)26-21(27)18(32-23(26)25-12)10-13-7-8-16-17(9-13)31-11-30-16/h3-10,20H,11H2,1-2H3/b18-10-/t20-/m1/s1. The Kier molecular flexibility index (Phi) is 5.11. The number of aromatic nitrogens is 1. The van der Waals surface area contributed by atoms with Crippen molar-refractivity contribution in [3.05, 3.63) is 89.6 Å². The topological polar surface area (TPSA) is 79.1 Å². The van der Waals surface area contributed by atoms with Gasteiger partial charge < -0.3 is 14.2 Å². The van der Waals surface area contributed by atoms with Gasteiger partial charge in [-0.3, -0.25) is 9.36 Å². The molecule has 0 spiro atoms. The number of methoxy groups -OCH3 is 1. The summed E-state index contributed by atoms with van der Waals surface area (Å²) in [5.74, 6) is 0.742. The van der Waals surface area contributed by atoms with Gasteiger partial charge in [-0.15, -0.1) is 0 Å². The molecule has 0 saturated heterocycles. The summed E-state index contributed by atoms with van der Waals surface area (Å²) in [5.41, 5.74) is 1.91. The van der Waals surface area contributed by atoms with Gasteiger partial charge in [-0.2, -0.15) is 0 Å². The molecule has 2 aliphatic rings. The molecule has 1 aromatic heterocycles. The van der Waals surface area contributed by atoms with Crippen LogP contribution in [0.2, 0.25) is 5.02 Å². The minimum Gasteiger partial charge on any atom is -0.466 e. The number of hydrogen-bond acceptors (Lipinski definition) is 7. The zero-order valence-corrected chi connectivity index (χ0v) is 18.7. The Morgan fingerprint density at radius 1 is 1.25 bits per heavy atom. The molecule has 2 aromatic carbocycles. The zero-order chi connectivity index (χ0) is 22.4. The van der Waals surface area contributed by atoms with Gasteiger partial charge in [0.15, 0.2) is 16.3 Å². The molecule has 3 heterocycles. The number of nitrogens with zero attached hydrogens (tertiary/aromatic N) is 2. The number of esters is 1. The number of carbonyl (C=O) groups is 1. The monoisotopic (exact) mass is 468 g/mol. The third kappa shape index (κ3) is 3.32. The smallest absolute Gasteiger partial charge is 0.338 e. The van der Waals surface area contributed by atoms with Crippen LogP contribution in [0.15, 0.2) is 63.5 Å². The first-order valence-corrected chi connectivity index (χ1v) is 10.9. The first kappa shape index (κ1) is 20.5. The van der Waals surface area contributed by atoms with E-state index < -0.39 is 12.0 Å². The number of hydrogen-bond donors (Lipinski definition) is 0. The Balaban J connectivity index is 1.73. The van der Waals surface area contributed by atoms with Gasteiger partial charge in [-0.1, -0.05) is 47.2 Å². The second-order valence-electron chi connectivity index (χ2n) is 7.21. The van der Waals surface area contributed by atoms with Crippen molar-refractivity contribution in [2.45, 2.75) is 13.0 Å². The molecular formula is C23H17ClN2O5S. The molecule has 3 aromatic rings. The number of ether oxygens (including phenoxy) is 3. The van der Waals surface area contributed by atoms with Crippen molar-refractivity contribution in [1.82, 2.24) is 4.57 Å². The second kappa shape index (κ2) is 7.96. The van der Waals surface area contributed by atoms with E-state index in [4.69, 9.17) is 25.8 Å². The van der Waals surface area contributed by atoms with Crippen LogP contribution in [0.4, 0.5) is 0 Å². The molecule has 32 heavy (non-hydrogen) atoms. The van der Waals surface area contributed by atoms with E-state index in [1.165, 1.54) is 23.0 Å². The average Bonchev–Trinajstić information content (AvgIpc) is 3.37. The van der Waals surface area contributed by atoms with Crippen molar-refractivity contribution >= 4 is 35.0 Å². The summed E-state index contributed by atoms with van der Waals surface area (Å²) in [6.07, 6.45) is 1.77. The van der Waals surface area contributed by atoms with Crippen molar-refractivity contribution in [3.63, 3.8) is 0 Å². The lowest BCUT2D eigenvalue weighted by atomic mass is 9.96. The van der Waals surface area contributed by atoms with E-state index >= 15 is 0 Å². The molecule has 9 heteroatoms. The third-order valence-electron chi connectivity index (χ3n) is 5.32. The summed E-state index contributed by atoms with van der Waals surface area (Å²) in [5, 5.41) is 0.443. The molecule has 0 bridgehead atoms. The van der Waals surface area contributed by atoms with E-state index in [1.54, 1.807) is 37.3 Å². The maximum atomic E-state index is 13.5. The molecule has 2 aliphatic heterocycles. The molecule has 0 radical (unpaired) electrons. The summed E-state index contributed by atoms with van der Waals surface area (Å²) < 4.78 is 17.8. The van der Waals surface area contributed by atoms with Gasteiger partial charge in [0.25, 0.3) is 5.56 Å². The van der Waals surface area contributed by atoms with Gasteiger partial charge in [0.2, 0.25) is 6.79 Å². The van der Waals surface area contributed by atoms with Crippen LogP contribution in [0.1, 0.15) is 24.1 Å². The normalized spacial score (nSPS) is 17.2. The molecule has 0 amide bonds. The maximum absolute atomic E-state index is 13.5. The molecule has 5 rings (SSSR count). The first-order valence-electron chi connectivity index (χ1n) is 9.73.